The van der Waals surface area contributed by atoms with E-state index in [0.717, 1.165) is 0 Å². The van der Waals surface area contributed by atoms with E-state index in [1.54, 1.807) is 6.92 Å². The van der Waals surface area contributed by atoms with E-state index >= 15 is 0 Å². The smallest absolute Gasteiger partial charge is 0.356 e. The average molecular weight is 221 g/mol. The molecule has 0 saturated heterocycles. The standard InChI is InChI=1S/C7H12NO5P/c1-3-12-7(9)5-4-6(13-8-5)14(2,10)11/h6H,3-4H2,1-2H3,(H,10,11). The first kappa shape index (κ1) is 11.2. The van der Waals surface area contributed by atoms with Crippen LogP contribution in [-0.4, -0.2) is 35.7 Å². The van der Waals surface area contributed by atoms with Crippen LogP contribution in [0.4, 0.5) is 0 Å². The number of nitrogens with zero attached hydrogens (tertiary/aromatic N) is 1. The van der Waals surface area contributed by atoms with Gasteiger partial charge in [0.25, 0.3) is 0 Å². The van der Waals surface area contributed by atoms with Crippen LogP contribution in [0.25, 0.3) is 0 Å². The van der Waals surface area contributed by atoms with Gasteiger partial charge < -0.3 is 14.5 Å². The Morgan fingerprint density at radius 3 is 2.93 bits per heavy atom. The fraction of sp³-hybridized carbons (Fsp3) is 0.714. The van der Waals surface area contributed by atoms with Crippen LogP contribution in [0.15, 0.2) is 5.16 Å². The molecule has 0 aromatic carbocycles. The monoisotopic (exact) mass is 221 g/mol. The SMILES string of the molecule is CCOC(=O)C1=NOC(P(C)(=O)O)C1. The molecule has 0 bridgehead atoms. The van der Waals surface area contributed by atoms with Crippen molar-refractivity contribution in [1.29, 1.82) is 0 Å². The molecular formula is C7H12NO5P. The molecule has 1 aliphatic heterocycles. The summed E-state index contributed by atoms with van der Waals surface area (Å²) in [5, 5.41) is 3.41. The normalized spacial score (nSPS) is 24.8. The van der Waals surface area contributed by atoms with Crippen LogP contribution < -0.4 is 0 Å². The summed E-state index contributed by atoms with van der Waals surface area (Å²) in [6.07, 6.45) is 0.0309. The zero-order valence-corrected chi connectivity index (χ0v) is 8.86. The molecule has 0 spiro atoms. The Hall–Kier alpha value is -0.870. The Bertz CT molecular complexity index is 307. The predicted molar refractivity (Wildman–Crippen MR) is 49.3 cm³/mol. The third-order valence-corrected chi connectivity index (χ3v) is 3.04. The van der Waals surface area contributed by atoms with Gasteiger partial charge in [0.1, 0.15) is 0 Å². The molecule has 14 heavy (non-hydrogen) atoms. The minimum atomic E-state index is -3.35. The molecule has 0 aliphatic carbocycles. The van der Waals surface area contributed by atoms with E-state index in [1.165, 1.54) is 6.66 Å². The van der Waals surface area contributed by atoms with Gasteiger partial charge in [-0.05, 0) is 6.92 Å². The van der Waals surface area contributed by atoms with Crippen molar-refractivity contribution in [2.24, 2.45) is 5.16 Å². The summed E-state index contributed by atoms with van der Waals surface area (Å²) in [6.45, 7) is 3.08. The zero-order chi connectivity index (χ0) is 10.8. The molecule has 6 nitrogen and oxygen atoms in total. The van der Waals surface area contributed by atoms with Crippen molar-refractivity contribution in [2.45, 2.75) is 19.2 Å². The third-order valence-electron chi connectivity index (χ3n) is 1.70. The van der Waals surface area contributed by atoms with Crippen LogP contribution in [0.3, 0.4) is 0 Å². The van der Waals surface area contributed by atoms with E-state index in [4.69, 9.17) is 4.89 Å². The number of rotatable bonds is 3. The summed E-state index contributed by atoms with van der Waals surface area (Å²) in [7, 11) is -3.35. The van der Waals surface area contributed by atoms with Crippen LogP contribution in [-0.2, 0) is 18.9 Å². The van der Waals surface area contributed by atoms with E-state index in [9.17, 15) is 9.36 Å². The maximum atomic E-state index is 11.1. The molecule has 1 heterocycles. The second-order valence-corrected chi connectivity index (χ2v) is 5.43. The van der Waals surface area contributed by atoms with Crippen molar-refractivity contribution in [1.82, 2.24) is 0 Å². The lowest BCUT2D eigenvalue weighted by molar-refractivity contribution is -0.135. The first-order valence-electron chi connectivity index (χ1n) is 4.15. The van der Waals surface area contributed by atoms with E-state index in [1.807, 2.05) is 0 Å². The summed E-state index contributed by atoms with van der Waals surface area (Å²) in [5.74, 6) is -1.51. The number of hydrogen-bond acceptors (Lipinski definition) is 5. The quantitative estimate of drug-likeness (QED) is 0.555. The van der Waals surface area contributed by atoms with Crippen molar-refractivity contribution in [3.05, 3.63) is 0 Å². The first-order valence-corrected chi connectivity index (χ1v) is 6.32. The van der Waals surface area contributed by atoms with E-state index in [-0.39, 0.29) is 18.7 Å². The molecule has 0 aromatic heterocycles. The van der Waals surface area contributed by atoms with Gasteiger partial charge in [0.15, 0.2) is 5.71 Å². The Balaban J connectivity index is 2.56. The largest absolute Gasteiger partial charge is 0.461 e. The van der Waals surface area contributed by atoms with Crippen molar-refractivity contribution >= 4 is 19.0 Å². The lowest BCUT2D eigenvalue weighted by atomic mass is 10.3. The molecule has 0 aromatic rings. The molecule has 0 saturated carbocycles. The molecule has 0 radical (unpaired) electrons. The van der Waals surface area contributed by atoms with Gasteiger partial charge in [0, 0.05) is 13.1 Å². The van der Waals surface area contributed by atoms with E-state index < -0.39 is 19.2 Å². The number of oxime groups is 1. The van der Waals surface area contributed by atoms with E-state index in [2.05, 4.69) is 14.7 Å². The maximum Gasteiger partial charge on any atom is 0.356 e. The molecule has 2 atom stereocenters. The van der Waals surface area contributed by atoms with Crippen LogP contribution in [0.2, 0.25) is 0 Å². The Morgan fingerprint density at radius 2 is 2.50 bits per heavy atom. The lowest BCUT2D eigenvalue weighted by Gasteiger charge is -2.10. The molecule has 80 valence electrons. The van der Waals surface area contributed by atoms with Gasteiger partial charge in [-0.1, -0.05) is 5.16 Å². The molecule has 7 heteroatoms. The number of hydrogen-bond donors (Lipinski definition) is 1. The fourth-order valence-electron chi connectivity index (χ4n) is 0.956. The highest BCUT2D eigenvalue weighted by atomic mass is 31.2. The third kappa shape index (κ3) is 2.56. The van der Waals surface area contributed by atoms with Crippen molar-refractivity contribution in [3.8, 4) is 0 Å². The molecular weight excluding hydrogens is 209 g/mol. The summed E-state index contributed by atoms with van der Waals surface area (Å²) in [6, 6.07) is 0. The summed E-state index contributed by atoms with van der Waals surface area (Å²) in [4.78, 5) is 24.9. The Labute approximate surface area is 81.3 Å². The van der Waals surface area contributed by atoms with Gasteiger partial charge in [-0.15, -0.1) is 0 Å². The average Bonchev–Trinajstić information content (AvgIpc) is 2.51. The summed E-state index contributed by atoms with van der Waals surface area (Å²) in [5.41, 5.74) is 0.0629. The molecule has 1 N–H and O–H groups in total. The summed E-state index contributed by atoms with van der Waals surface area (Å²) < 4.78 is 15.8. The van der Waals surface area contributed by atoms with Gasteiger partial charge in [-0.3, -0.25) is 4.57 Å². The molecule has 2 unspecified atom stereocenters. The van der Waals surface area contributed by atoms with Gasteiger partial charge in [-0.25, -0.2) is 4.79 Å². The predicted octanol–water partition coefficient (Wildman–Crippen LogP) is 0.552. The molecule has 1 aliphatic rings. The highest BCUT2D eigenvalue weighted by Gasteiger charge is 2.36. The van der Waals surface area contributed by atoms with Crippen LogP contribution in [0.5, 0.6) is 0 Å². The molecule has 0 fully saturated rings. The van der Waals surface area contributed by atoms with Crippen LogP contribution >= 0.6 is 7.37 Å². The fourth-order valence-corrected chi connectivity index (χ4v) is 1.69. The van der Waals surface area contributed by atoms with Gasteiger partial charge in [0.2, 0.25) is 13.2 Å². The minimum absolute atomic E-state index is 0.0309. The van der Waals surface area contributed by atoms with Gasteiger partial charge in [-0.2, -0.15) is 0 Å². The van der Waals surface area contributed by atoms with Crippen molar-refractivity contribution in [2.75, 3.05) is 13.3 Å². The lowest BCUT2D eigenvalue weighted by Crippen LogP contribution is -2.18. The second-order valence-electron chi connectivity index (χ2n) is 2.97. The number of esters is 1. The molecule has 1 rings (SSSR count). The minimum Gasteiger partial charge on any atom is -0.461 e. The number of carbonyl (C=O) groups is 1. The first-order chi connectivity index (χ1) is 6.45. The van der Waals surface area contributed by atoms with Crippen LogP contribution in [0, 0.1) is 0 Å². The number of ether oxygens (including phenoxy) is 1. The number of carbonyl (C=O) groups excluding carboxylic acids is 1. The van der Waals surface area contributed by atoms with Gasteiger partial charge >= 0.3 is 5.97 Å². The Kier molecular flexibility index (Phi) is 3.29. The van der Waals surface area contributed by atoms with Crippen LogP contribution in [0.1, 0.15) is 13.3 Å². The van der Waals surface area contributed by atoms with E-state index in [0.29, 0.717) is 0 Å². The maximum absolute atomic E-state index is 11.1. The van der Waals surface area contributed by atoms with Crippen molar-refractivity contribution < 1.29 is 23.8 Å². The highest BCUT2D eigenvalue weighted by Crippen LogP contribution is 2.46. The zero-order valence-electron chi connectivity index (χ0n) is 7.97. The summed E-state index contributed by atoms with van der Waals surface area (Å²) >= 11 is 0. The van der Waals surface area contributed by atoms with Crippen molar-refractivity contribution in [3.63, 3.8) is 0 Å². The molecule has 0 amide bonds. The topological polar surface area (TPSA) is 85.2 Å². The van der Waals surface area contributed by atoms with Gasteiger partial charge in [0.05, 0.1) is 6.61 Å². The second kappa shape index (κ2) is 4.11. The Morgan fingerprint density at radius 1 is 1.86 bits per heavy atom. The highest BCUT2D eigenvalue weighted by molar-refractivity contribution is 7.57.